The summed E-state index contributed by atoms with van der Waals surface area (Å²) in [7, 11) is 3.24. The van der Waals surface area contributed by atoms with Crippen molar-refractivity contribution in [2.45, 2.75) is 19.3 Å². The van der Waals surface area contributed by atoms with Gasteiger partial charge in [0, 0.05) is 25.0 Å². The molecular weight excluding hydrogens is 296 g/mol. The molecule has 2 amide bonds. The van der Waals surface area contributed by atoms with Crippen LogP contribution in [0.2, 0.25) is 0 Å². The van der Waals surface area contributed by atoms with Crippen molar-refractivity contribution in [3.63, 3.8) is 0 Å². The molecule has 1 aromatic carbocycles. The quantitative estimate of drug-likeness (QED) is 0.901. The zero-order valence-corrected chi connectivity index (χ0v) is 14.3. The van der Waals surface area contributed by atoms with Crippen molar-refractivity contribution < 1.29 is 19.0 Å². The van der Waals surface area contributed by atoms with Crippen LogP contribution in [0.25, 0.3) is 0 Å². The minimum Gasteiger partial charge on any atom is -0.493 e. The van der Waals surface area contributed by atoms with Gasteiger partial charge in [-0.3, -0.25) is 0 Å². The Morgan fingerprint density at radius 2 is 1.87 bits per heavy atom. The summed E-state index contributed by atoms with van der Waals surface area (Å²) in [6.07, 6.45) is 0. The summed E-state index contributed by atoms with van der Waals surface area (Å²) in [5.74, 6) is 1.39. The first kappa shape index (κ1) is 17.4. The predicted octanol–water partition coefficient (Wildman–Crippen LogP) is 2.02. The number of methoxy groups -OCH3 is 2. The highest BCUT2D eigenvalue weighted by Crippen LogP contribution is 2.32. The molecule has 23 heavy (non-hydrogen) atoms. The maximum Gasteiger partial charge on any atom is 0.317 e. The highest BCUT2D eigenvalue weighted by molar-refractivity contribution is 5.74. The number of ether oxygens (including phenoxy) is 3. The topological polar surface area (TPSA) is 60.0 Å². The molecule has 1 fully saturated rings. The van der Waals surface area contributed by atoms with Crippen LogP contribution in [0.3, 0.4) is 0 Å². The number of nitrogens with zero attached hydrogens (tertiary/aromatic N) is 1. The Bertz CT molecular complexity index is 539. The number of nitrogens with one attached hydrogen (secondary N) is 1. The number of carbonyl (C=O) groups excluding carboxylic acids is 1. The van der Waals surface area contributed by atoms with Crippen molar-refractivity contribution in [3.8, 4) is 11.5 Å². The van der Waals surface area contributed by atoms with E-state index < -0.39 is 0 Å². The molecule has 1 saturated heterocycles. The van der Waals surface area contributed by atoms with E-state index in [4.69, 9.17) is 14.2 Å². The summed E-state index contributed by atoms with van der Waals surface area (Å²) < 4.78 is 15.9. The van der Waals surface area contributed by atoms with E-state index in [2.05, 4.69) is 19.2 Å². The van der Waals surface area contributed by atoms with Crippen LogP contribution in [0, 0.1) is 0 Å². The van der Waals surface area contributed by atoms with E-state index in [0.717, 1.165) is 5.56 Å². The van der Waals surface area contributed by atoms with Crippen molar-refractivity contribution in [1.29, 1.82) is 0 Å². The van der Waals surface area contributed by atoms with E-state index >= 15 is 0 Å². The van der Waals surface area contributed by atoms with Gasteiger partial charge < -0.3 is 24.4 Å². The maximum absolute atomic E-state index is 12.2. The highest BCUT2D eigenvalue weighted by atomic mass is 16.5. The SMILES string of the molecule is COc1ccc(C(C)(C)CNC(=O)N2CCOCC2)cc1OC. The summed E-state index contributed by atoms with van der Waals surface area (Å²) in [4.78, 5) is 14.0. The van der Waals surface area contributed by atoms with E-state index in [-0.39, 0.29) is 11.4 Å². The third-order valence-corrected chi connectivity index (χ3v) is 4.14. The summed E-state index contributed by atoms with van der Waals surface area (Å²) in [5.41, 5.74) is 0.860. The first-order valence-electron chi connectivity index (χ1n) is 7.81. The fourth-order valence-corrected chi connectivity index (χ4v) is 2.53. The van der Waals surface area contributed by atoms with E-state index in [9.17, 15) is 4.79 Å². The van der Waals surface area contributed by atoms with E-state index in [1.165, 1.54) is 0 Å². The molecule has 6 heteroatoms. The molecule has 6 nitrogen and oxygen atoms in total. The Balaban J connectivity index is 2.01. The molecule has 128 valence electrons. The summed E-state index contributed by atoms with van der Waals surface area (Å²) in [5, 5.41) is 3.02. The molecule has 0 radical (unpaired) electrons. The number of hydrogen-bond acceptors (Lipinski definition) is 4. The summed E-state index contributed by atoms with van der Waals surface area (Å²) in [6, 6.07) is 5.81. The number of rotatable bonds is 5. The van der Waals surface area contributed by atoms with Crippen LogP contribution >= 0.6 is 0 Å². The van der Waals surface area contributed by atoms with E-state index in [1.54, 1.807) is 19.1 Å². The van der Waals surface area contributed by atoms with Gasteiger partial charge in [0.25, 0.3) is 0 Å². The fourth-order valence-electron chi connectivity index (χ4n) is 2.53. The highest BCUT2D eigenvalue weighted by Gasteiger charge is 2.25. The molecular formula is C17H26N2O4. The number of carbonyl (C=O) groups is 1. The number of morpholine rings is 1. The van der Waals surface area contributed by atoms with Gasteiger partial charge in [-0.25, -0.2) is 4.79 Å². The van der Waals surface area contributed by atoms with Gasteiger partial charge in [-0.15, -0.1) is 0 Å². The van der Waals surface area contributed by atoms with Gasteiger partial charge in [0.2, 0.25) is 0 Å². The minimum absolute atomic E-state index is 0.0400. The van der Waals surface area contributed by atoms with Crippen LogP contribution in [0.1, 0.15) is 19.4 Å². The van der Waals surface area contributed by atoms with Crippen molar-refractivity contribution in [1.82, 2.24) is 10.2 Å². The molecule has 1 aliphatic rings. The van der Waals surface area contributed by atoms with Crippen LogP contribution in [0.4, 0.5) is 4.79 Å². The molecule has 0 spiro atoms. The lowest BCUT2D eigenvalue weighted by Crippen LogP contribution is -2.48. The van der Waals surface area contributed by atoms with Gasteiger partial charge in [-0.1, -0.05) is 19.9 Å². The molecule has 0 aliphatic carbocycles. The Labute approximate surface area is 137 Å². The van der Waals surface area contributed by atoms with Gasteiger partial charge >= 0.3 is 6.03 Å². The second-order valence-electron chi connectivity index (χ2n) is 6.21. The largest absolute Gasteiger partial charge is 0.493 e. The molecule has 1 aromatic rings. The Kier molecular flexibility index (Phi) is 5.71. The van der Waals surface area contributed by atoms with Crippen LogP contribution < -0.4 is 14.8 Å². The van der Waals surface area contributed by atoms with Crippen LogP contribution in [0.5, 0.6) is 11.5 Å². The lowest BCUT2D eigenvalue weighted by Gasteiger charge is -2.30. The average Bonchev–Trinajstić information content (AvgIpc) is 2.59. The van der Waals surface area contributed by atoms with Crippen molar-refractivity contribution in [2.75, 3.05) is 47.1 Å². The van der Waals surface area contributed by atoms with Gasteiger partial charge in [0.15, 0.2) is 11.5 Å². The Morgan fingerprint density at radius 3 is 2.48 bits per heavy atom. The molecule has 0 atom stereocenters. The van der Waals surface area contributed by atoms with Crippen molar-refractivity contribution >= 4 is 6.03 Å². The predicted molar refractivity (Wildman–Crippen MR) is 88.4 cm³/mol. The maximum atomic E-state index is 12.2. The fraction of sp³-hybridized carbons (Fsp3) is 0.588. The zero-order valence-electron chi connectivity index (χ0n) is 14.3. The summed E-state index contributed by atoms with van der Waals surface area (Å²) in [6.45, 7) is 7.21. The number of benzene rings is 1. The van der Waals surface area contributed by atoms with E-state index in [0.29, 0.717) is 44.3 Å². The Hall–Kier alpha value is -1.95. The first-order valence-corrected chi connectivity index (χ1v) is 7.81. The Morgan fingerprint density at radius 1 is 1.22 bits per heavy atom. The molecule has 1 heterocycles. The standard InChI is InChI=1S/C17H26N2O4/c1-17(2,12-18-16(20)19-7-9-23-10-8-19)13-5-6-14(21-3)15(11-13)22-4/h5-6,11H,7-10,12H2,1-4H3,(H,18,20). The molecule has 0 unspecified atom stereocenters. The lowest BCUT2D eigenvalue weighted by molar-refractivity contribution is 0.0529. The average molecular weight is 322 g/mol. The van der Waals surface area contributed by atoms with Crippen LogP contribution in [0.15, 0.2) is 18.2 Å². The smallest absolute Gasteiger partial charge is 0.317 e. The van der Waals surface area contributed by atoms with Gasteiger partial charge in [0.1, 0.15) is 0 Å². The molecule has 1 N–H and O–H groups in total. The van der Waals surface area contributed by atoms with Crippen molar-refractivity contribution in [3.05, 3.63) is 23.8 Å². The monoisotopic (exact) mass is 322 g/mol. The van der Waals surface area contributed by atoms with Crippen LogP contribution in [-0.4, -0.2) is 58.0 Å². The van der Waals surface area contributed by atoms with Crippen molar-refractivity contribution in [2.24, 2.45) is 0 Å². The van der Waals surface area contributed by atoms with Gasteiger partial charge in [0.05, 0.1) is 27.4 Å². The summed E-state index contributed by atoms with van der Waals surface area (Å²) >= 11 is 0. The molecule has 0 bridgehead atoms. The first-order chi connectivity index (χ1) is 11.0. The minimum atomic E-state index is -0.221. The normalized spacial score (nSPS) is 15.2. The second kappa shape index (κ2) is 7.55. The molecule has 2 rings (SSSR count). The van der Waals surface area contributed by atoms with Gasteiger partial charge in [-0.2, -0.15) is 0 Å². The number of amides is 2. The zero-order chi connectivity index (χ0) is 16.9. The third-order valence-electron chi connectivity index (χ3n) is 4.14. The number of hydrogen-bond donors (Lipinski definition) is 1. The molecule has 0 aromatic heterocycles. The number of urea groups is 1. The second-order valence-corrected chi connectivity index (χ2v) is 6.21. The van der Waals surface area contributed by atoms with Gasteiger partial charge in [-0.05, 0) is 17.7 Å². The van der Waals surface area contributed by atoms with Crippen LogP contribution in [-0.2, 0) is 10.2 Å². The van der Waals surface area contributed by atoms with E-state index in [1.807, 2.05) is 18.2 Å². The third kappa shape index (κ3) is 4.28. The lowest BCUT2D eigenvalue weighted by atomic mass is 9.84. The molecule has 0 saturated carbocycles. The molecule has 1 aliphatic heterocycles.